The summed E-state index contributed by atoms with van der Waals surface area (Å²) in [7, 11) is 0. The predicted molar refractivity (Wildman–Crippen MR) is 74.8 cm³/mol. The number of hydrogen-bond acceptors (Lipinski definition) is 2. The van der Waals surface area contributed by atoms with Crippen molar-refractivity contribution < 1.29 is 4.79 Å². The van der Waals surface area contributed by atoms with Crippen LogP contribution in [0.1, 0.15) is 49.5 Å². The Bertz CT molecular complexity index is 505. The minimum absolute atomic E-state index is 0.0236. The lowest BCUT2D eigenvalue weighted by Gasteiger charge is -2.21. The molecule has 1 aliphatic rings. The number of nitrogens with zero attached hydrogens (tertiary/aromatic N) is 2. The number of benzene rings is 1. The van der Waals surface area contributed by atoms with Gasteiger partial charge in [0, 0.05) is 12.1 Å². The highest BCUT2D eigenvalue weighted by Crippen LogP contribution is 2.24. The molecule has 1 aliphatic heterocycles. The van der Waals surface area contributed by atoms with Crippen molar-refractivity contribution in [2.75, 3.05) is 6.54 Å². The largest absolute Gasteiger partial charge is 0.323 e. The summed E-state index contributed by atoms with van der Waals surface area (Å²) in [5.74, 6) is -0.0236. The zero-order valence-corrected chi connectivity index (χ0v) is 11.8. The molecule has 0 spiro atoms. The molecule has 2 rings (SSSR count). The molecule has 1 fully saturated rings. The number of hydrogen-bond donors (Lipinski definition) is 0. The van der Waals surface area contributed by atoms with Gasteiger partial charge in [0.15, 0.2) is 0 Å². The number of rotatable bonds is 1. The highest BCUT2D eigenvalue weighted by molar-refractivity contribution is 5.94. The molecular formula is C16H20N2O. The molecule has 1 amide bonds. The van der Waals surface area contributed by atoms with Crippen LogP contribution in [0.3, 0.4) is 0 Å². The van der Waals surface area contributed by atoms with Crippen LogP contribution >= 0.6 is 0 Å². The van der Waals surface area contributed by atoms with Crippen LogP contribution in [0.2, 0.25) is 0 Å². The van der Waals surface area contributed by atoms with Crippen LogP contribution in [0, 0.1) is 11.3 Å². The van der Waals surface area contributed by atoms with Crippen LogP contribution in [0.15, 0.2) is 24.3 Å². The van der Waals surface area contributed by atoms with Crippen LogP contribution in [0.25, 0.3) is 0 Å². The summed E-state index contributed by atoms with van der Waals surface area (Å²) in [6.07, 6.45) is 1.71. The smallest absolute Gasteiger partial charge is 0.254 e. The van der Waals surface area contributed by atoms with E-state index in [0.29, 0.717) is 12.1 Å². The molecule has 3 nitrogen and oxygen atoms in total. The van der Waals surface area contributed by atoms with E-state index in [4.69, 9.17) is 5.26 Å². The summed E-state index contributed by atoms with van der Waals surface area (Å²) in [5, 5.41) is 9.04. The molecule has 100 valence electrons. The Morgan fingerprint density at radius 3 is 2.47 bits per heavy atom. The summed E-state index contributed by atoms with van der Waals surface area (Å²) in [4.78, 5) is 14.0. The Kier molecular flexibility index (Phi) is 3.61. The zero-order chi connectivity index (χ0) is 14.0. The molecule has 0 N–H and O–H groups in total. The SMILES string of the molecule is CC(C)(C)c1ccc(C(=O)N2CCCC2C#N)cc1. The molecule has 0 bridgehead atoms. The summed E-state index contributed by atoms with van der Waals surface area (Å²) >= 11 is 0. The van der Waals surface area contributed by atoms with Crippen LogP contribution in [0.4, 0.5) is 0 Å². The van der Waals surface area contributed by atoms with Crippen LogP contribution in [-0.4, -0.2) is 23.4 Å². The first kappa shape index (κ1) is 13.6. The highest BCUT2D eigenvalue weighted by Gasteiger charge is 2.29. The minimum atomic E-state index is -0.255. The summed E-state index contributed by atoms with van der Waals surface area (Å²) in [6, 6.07) is 9.70. The average molecular weight is 256 g/mol. The standard InChI is InChI=1S/C16H20N2O/c1-16(2,3)13-8-6-12(7-9-13)15(19)18-10-4-5-14(18)11-17/h6-9,14H,4-5,10H2,1-3H3. The van der Waals surface area contributed by atoms with Crippen LogP contribution in [0.5, 0.6) is 0 Å². The van der Waals surface area contributed by atoms with E-state index in [-0.39, 0.29) is 17.4 Å². The van der Waals surface area contributed by atoms with Crippen LogP contribution < -0.4 is 0 Å². The van der Waals surface area contributed by atoms with Gasteiger partial charge >= 0.3 is 0 Å². The molecule has 1 heterocycles. The van der Waals surface area contributed by atoms with Gasteiger partial charge in [-0.05, 0) is 36.0 Å². The lowest BCUT2D eigenvalue weighted by atomic mass is 9.86. The molecular weight excluding hydrogens is 236 g/mol. The number of carbonyl (C=O) groups excluding carboxylic acids is 1. The van der Waals surface area contributed by atoms with E-state index < -0.39 is 0 Å². The third-order valence-corrected chi connectivity index (χ3v) is 3.66. The van der Waals surface area contributed by atoms with Crippen molar-refractivity contribution in [1.29, 1.82) is 5.26 Å². The van der Waals surface area contributed by atoms with E-state index in [1.165, 1.54) is 5.56 Å². The molecule has 0 aromatic heterocycles. The molecule has 1 atom stereocenters. The number of nitriles is 1. The van der Waals surface area contributed by atoms with Gasteiger partial charge in [-0.25, -0.2) is 0 Å². The third-order valence-electron chi connectivity index (χ3n) is 3.66. The Morgan fingerprint density at radius 1 is 1.32 bits per heavy atom. The predicted octanol–water partition coefficient (Wildman–Crippen LogP) is 3.11. The molecule has 19 heavy (non-hydrogen) atoms. The lowest BCUT2D eigenvalue weighted by Crippen LogP contribution is -2.34. The van der Waals surface area contributed by atoms with Crippen molar-refractivity contribution in [2.24, 2.45) is 0 Å². The molecule has 3 heteroatoms. The van der Waals surface area contributed by atoms with E-state index in [2.05, 4.69) is 26.8 Å². The van der Waals surface area contributed by atoms with Crippen molar-refractivity contribution >= 4 is 5.91 Å². The van der Waals surface area contributed by atoms with Gasteiger partial charge in [0.2, 0.25) is 0 Å². The first-order chi connectivity index (χ1) is 8.93. The molecule has 0 radical (unpaired) electrons. The van der Waals surface area contributed by atoms with E-state index >= 15 is 0 Å². The van der Waals surface area contributed by atoms with Gasteiger partial charge in [-0.2, -0.15) is 5.26 Å². The second kappa shape index (κ2) is 5.05. The highest BCUT2D eigenvalue weighted by atomic mass is 16.2. The van der Waals surface area contributed by atoms with E-state index in [9.17, 15) is 4.79 Å². The lowest BCUT2D eigenvalue weighted by molar-refractivity contribution is 0.0765. The Balaban J connectivity index is 2.19. The van der Waals surface area contributed by atoms with E-state index in [1.54, 1.807) is 4.90 Å². The Morgan fingerprint density at radius 2 is 1.95 bits per heavy atom. The molecule has 1 saturated heterocycles. The van der Waals surface area contributed by atoms with Crippen molar-refractivity contribution in [3.05, 3.63) is 35.4 Å². The first-order valence-corrected chi connectivity index (χ1v) is 6.74. The van der Waals surface area contributed by atoms with Gasteiger partial charge in [0.05, 0.1) is 6.07 Å². The Labute approximate surface area is 114 Å². The minimum Gasteiger partial charge on any atom is -0.323 e. The first-order valence-electron chi connectivity index (χ1n) is 6.74. The summed E-state index contributed by atoms with van der Waals surface area (Å²) < 4.78 is 0. The van der Waals surface area contributed by atoms with Gasteiger partial charge in [-0.3, -0.25) is 4.79 Å². The fraction of sp³-hybridized carbons (Fsp3) is 0.500. The fourth-order valence-corrected chi connectivity index (χ4v) is 2.42. The third kappa shape index (κ3) is 2.78. The molecule has 0 saturated carbocycles. The van der Waals surface area contributed by atoms with Crippen molar-refractivity contribution in [3.8, 4) is 6.07 Å². The maximum Gasteiger partial charge on any atom is 0.254 e. The van der Waals surface area contributed by atoms with E-state index in [0.717, 1.165) is 12.8 Å². The van der Waals surface area contributed by atoms with Gasteiger partial charge in [-0.1, -0.05) is 32.9 Å². The Hall–Kier alpha value is -1.82. The maximum atomic E-state index is 12.4. The number of likely N-dealkylation sites (tertiary alicyclic amines) is 1. The average Bonchev–Trinajstić information content (AvgIpc) is 2.85. The quantitative estimate of drug-likeness (QED) is 0.775. The zero-order valence-electron chi connectivity index (χ0n) is 11.8. The van der Waals surface area contributed by atoms with Gasteiger partial charge in [-0.15, -0.1) is 0 Å². The summed E-state index contributed by atoms with van der Waals surface area (Å²) in [5.41, 5.74) is 1.97. The molecule has 1 aromatic carbocycles. The van der Waals surface area contributed by atoms with Gasteiger partial charge in [0.1, 0.15) is 6.04 Å². The fourth-order valence-electron chi connectivity index (χ4n) is 2.42. The molecule has 0 aliphatic carbocycles. The monoisotopic (exact) mass is 256 g/mol. The summed E-state index contributed by atoms with van der Waals surface area (Å²) in [6.45, 7) is 7.14. The molecule has 1 unspecified atom stereocenters. The van der Waals surface area contributed by atoms with Crippen molar-refractivity contribution in [1.82, 2.24) is 4.90 Å². The maximum absolute atomic E-state index is 12.4. The van der Waals surface area contributed by atoms with E-state index in [1.807, 2.05) is 24.3 Å². The second-order valence-corrected chi connectivity index (χ2v) is 6.11. The van der Waals surface area contributed by atoms with Crippen molar-refractivity contribution in [2.45, 2.75) is 45.1 Å². The normalized spacial score (nSPS) is 19.3. The number of carbonyl (C=O) groups is 1. The van der Waals surface area contributed by atoms with Gasteiger partial charge in [0.25, 0.3) is 5.91 Å². The topological polar surface area (TPSA) is 44.1 Å². The second-order valence-electron chi connectivity index (χ2n) is 6.11. The molecule has 1 aromatic rings. The number of amides is 1. The van der Waals surface area contributed by atoms with Crippen LogP contribution in [-0.2, 0) is 5.41 Å². The van der Waals surface area contributed by atoms with Gasteiger partial charge < -0.3 is 4.90 Å². The van der Waals surface area contributed by atoms with Crippen molar-refractivity contribution in [3.63, 3.8) is 0 Å².